The van der Waals surface area contributed by atoms with Gasteiger partial charge < -0.3 is 0 Å². The summed E-state index contributed by atoms with van der Waals surface area (Å²) in [6, 6.07) is 0. The van der Waals surface area contributed by atoms with Crippen LogP contribution >= 0.6 is 23.6 Å². The van der Waals surface area contributed by atoms with Gasteiger partial charge in [-0.05, 0) is 44.1 Å². The third-order valence-electron chi connectivity index (χ3n) is 3.77. The summed E-state index contributed by atoms with van der Waals surface area (Å²) in [5.41, 5.74) is 5.30. The molecule has 0 atom stereocenters. The van der Waals surface area contributed by atoms with Gasteiger partial charge in [-0.25, -0.2) is 14.5 Å². The van der Waals surface area contributed by atoms with Crippen molar-refractivity contribution in [2.45, 2.75) is 20.8 Å². The Bertz CT molecular complexity index is 1050. The third-order valence-corrected chi connectivity index (χ3v) is 5.02. The zero-order chi connectivity index (χ0) is 14.0. The molecule has 0 saturated heterocycles. The van der Waals surface area contributed by atoms with Crippen LogP contribution in [0.25, 0.3) is 26.1 Å². The molecule has 0 aliphatic heterocycles. The quantitative estimate of drug-likeness (QED) is 0.505. The molecule has 5 nitrogen and oxygen atoms in total. The average Bonchev–Trinajstić information content (AvgIpc) is 2.95. The van der Waals surface area contributed by atoms with E-state index in [9.17, 15) is 0 Å². The summed E-state index contributed by atoms with van der Waals surface area (Å²) in [5.74, 6) is 0. The Kier molecular flexibility index (Phi) is 2.28. The molecule has 0 aromatic carbocycles. The molecule has 0 aliphatic rings. The first-order valence-corrected chi connectivity index (χ1v) is 7.42. The predicted octanol–water partition coefficient (Wildman–Crippen LogP) is 3.48. The van der Waals surface area contributed by atoms with Crippen molar-refractivity contribution in [1.82, 2.24) is 24.6 Å². The fourth-order valence-electron chi connectivity index (χ4n) is 2.49. The van der Waals surface area contributed by atoms with Gasteiger partial charge in [0.15, 0.2) is 5.65 Å². The summed E-state index contributed by atoms with van der Waals surface area (Å²) >= 11 is 6.72. The first-order chi connectivity index (χ1) is 9.56. The highest BCUT2D eigenvalue weighted by atomic mass is 32.1. The summed E-state index contributed by atoms with van der Waals surface area (Å²) in [7, 11) is 0. The fraction of sp³-hybridized carbons (Fsp3) is 0.231. The molecule has 0 bridgehead atoms. The minimum absolute atomic E-state index is 0.466. The summed E-state index contributed by atoms with van der Waals surface area (Å²) in [4.78, 5) is 14.6. The van der Waals surface area contributed by atoms with Crippen LogP contribution in [0.2, 0.25) is 0 Å². The average molecular weight is 301 g/mol. The SMILES string of the molecule is Cc1nc2sc3c(ncn4[nH]c(=S)nc34)c2c(C)c1C. The predicted molar refractivity (Wildman–Crippen MR) is 83.1 cm³/mol. The van der Waals surface area contributed by atoms with Crippen LogP contribution in [0.1, 0.15) is 16.8 Å². The molecule has 0 unspecified atom stereocenters. The number of nitrogens with one attached hydrogen (secondary N) is 1. The standard InChI is InChI=1S/C13H11N5S2/c1-5-6(2)8-9-10(20-12(8)15-7(5)3)11-16-13(19)17-18(11)4-14-9/h4H,1-3H3,(H,17,19). The summed E-state index contributed by atoms with van der Waals surface area (Å²) < 4.78 is 3.25. The van der Waals surface area contributed by atoms with Crippen molar-refractivity contribution in [3.8, 4) is 0 Å². The van der Waals surface area contributed by atoms with E-state index in [0.717, 1.165) is 31.8 Å². The minimum atomic E-state index is 0.466. The van der Waals surface area contributed by atoms with Crippen LogP contribution in [0, 0.1) is 25.5 Å². The lowest BCUT2D eigenvalue weighted by Gasteiger charge is -2.04. The Morgan fingerprint density at radius 3 is 2.80 bits per heavy atom. The van der Waals surface area contributed by atoms with Crippen molar-refractivity contribution in [2.75, 3.05) is 0 Å². The van der Waals surface area contributed by atoms with Crippen molar-refractivity contribution >= 4 is 49.6 Å². The monoisotopic (exact) mass is 301 g/mol. The molecular weight excluding hydrogens is 290 g/mol. The van der Waals surface area contributed by atoms with Gasteiger partial charge in [0.25, 0.3) is 0 Å². The highest BCUT2D eigenvalue weighted by Crippen LogP contribution is 2.36. The lowest BCUT2D eigenvalue weighted by molar-refractivity contribution is 0.928. The zero-order valence-electron chi connectivity index (χ0n) is 11.2. The van der Waals surface area contributed by atoms with E-state index < -0.39 is 0 Å². The van der Waals surface area contributed by atoms with E-state index in [0.29, 0.717) is 4.77 Å². The number of fused-ring (bicyclic) bond motifs is 5. The largest absolute Gasteiger partial charge is 0.265 e. The molecule has 0 fully saturated rings. The summed E-state index contributed by atoms with van der Waals surface area (Å²) in [5, 5.41) is 4.11. The van der Waals surface area contributed by atoms with Crippen molar-refractivity contribution < 1.29 is 0 Å². The normalized spacial score (nSPS) is 11.9. The van der Waals surface area contributed by atoms with Crippen LogP contribution < -0.4 is 0 Å². The number of pyridine rings is 1. The van der Waals surface area contributed by atoms with Crippen LogP contribution in [0.15, 0.2) is 6.33 Å². The van der Waals surface area contributed by atoms with E-state index in [1.54, 1.807) is 22.2 Å². The number of nitrogens with zero attached hydrogens (tertiary/aromatic N) is 4. The van der Waals surface area contributed by atoms with Gasteiger partial charge >= 0.3 is 0 Å². The van der Waals surface area contributed by atoms with E-state index in [-0.39, 0.29) is 0 Å². The van der Waals surface area contributed by atoms with E-state index in [1.165, 1.54) is 11.1 Å². The molecule has 20 heavy (non-hydrogen) atoms. The molecule has 4 aromatic rings. The highest BCUT2D eigenvalue weighted by Gasteiger charge is 2.16. The van der Waals surface area contributed by atoms with Gasteiger partial charge in [-0.3, -0.25) is 5.10 Å². The van der Waals surface area contributed by atoms with Crippen molar-refractivity contribution in [3.05, 3.63) is 27.9 Å². The molecule has 100 valence electrons. The maximum Gasteiger partial charge on any atom is 0.214 e. The molecule has 4 rings (SSSR count). The van der Waals surface area contributed by atoms with Gasteiger partial charge in [0.05, 0.1) is 5.52 Å². The summed E-state index contributed by atoms with van der Waals surface area (Å²) in [6.45, 7) is 6.27. The Morgan fingerprint density at radius 1 is 1.20 bits per heavy atom. The van der Waals surface area contributed by atoms with E-state index >= 15 is 0 Å². The number of H-pyrrole nitrogens is 1. The molecule has 4 heterocycles. The van der Waals surface area contributed by atoms with Crippen LogP contribution in [-0.4, -0.2) is 24.6 Å². The number of hydrogen-bond acceptors (Lipinski definition) is 5. The first-order valence-electron chi connectivity index (χ1n) is 6.19. The third kappa shape index (κ3) is 1.41. The van der Waals surface area contributed by atoms with Crippen LogP contribution in [0.5, 0.6) is 0 Å². The van der Waals surface area contributed by atoms with Crippen molar-refractivity contribution in [2.24, 2.45) is 0 Å². The highest BCUT2D eigenvalue weighted by molar-refractivity contribution is 7.71. The second-order valence-electron chi connectivity index (χ2n) is 4.87. The van der Waals surface area contributed by atoms with Crippen molar-refractivity contribution in [1.29, 1.82) is 0 Å². The maximum absolute atomic E-state index is 5.10. The molecule has 4 aromatic heterocycles. The minimum Gasteiger partial charge on any atom is -0.265 e. The molecule has 0 saturated carbocycles. The Balaban J connectivity index is 2.33. The van der Waals surface area contributed by atoms with Gasteiger partial charge in [-0.2, -0.15) is 4.98 Å². The Morgan fingerprint density at radius 2 is 2.00 bits per heavy atom. The first kappa shape index (κ1) is 11.9. The van der Waals surface area contributed by atoms with Gasteiger partial charge in [0.1, 0.15) is 15.9 Å². The van der Waals surface area contributed by atoms with Gasteiger partial charge in [-0.1, -0.05) is 0 Å². The second-order valence-corrected chi connectivity index (χ2v) is 6.26. The maximum atomic E-state index is 5.10. The number of aryl methyl sites for hydroxylation is 2. The molecule has 0 amide bonds. The number of aromatic nitrogens is 5. The van der Waals surface area contributed by atoms with Gasteiger partial charge in [-0.15, -0.1) is 11.3 Å². The van der Waals surface area contributed by atoms with Crippen LogP contribution in [-0.2, 0) is 0 Å². The smallest absolute Gasteiger partial charge is 0.214 e. The zero-order valence-corrected chi connectivity index (χ0v) is 12.8. The topological polar surface area (TPSA) is 58.9 Å². The van der Waals surface area contributed by atoms with Crippen LogP contribution in [0.3, 0.4) is 0 Å². The van der Waals surface area contributed by atoms with E-state index in [4.69, 9.17) is 17.2 Å². The Hall–Kier alpha value is -1.86. The molecular formula is C13H11N5S2. The number of aromatic amines is 1. The molecule has 7 heteroatoms. The lowest BCUT2D eigenvalue weighted by atomic mass is 10.1. The molecule has 1 N–H and O–H groups in total. The van der Waals surface area contributed by atoms with Gasteiger partial charge in [0.2, 0.25) is 4.77 Å². The van der Waals surface area contributed by atoms with Crippen molar-refractivity contribution in [3.63, 3.8) is 0 Å². The lowest BCUT2D eigenvalue weighted by Crippen LogP contribution is -1.92. The number of thiophene rings is 1. The Labute approximate surface area is 123 Å². The van der Waals surface area contributed by atoms with Gasteiger partial charge in [0, 0.05) is 11.1 Å². The molecule has 0 spiro atoms. The van der Waals surface area contributed by atoms with E-state index in [2.05, 4.69) is 28.9 Å². The molecule has 0 radical (unpaired) electrons. The molecule has 0 aliphatic carbocycles. The second kappa shape index (κ2) is 3.83. The fourth-order valence-corrected chi connectivity index (χ4v) is 3.89. The van der Waals surface area contributed by atoms with Crippen LogP contribution in [0.4, 0.5) is 0 Å². The number of hydrogen-bond donors (Lipinski definition) is 1. The summed E-state index contributed by atoms with van der Waals surface area (Å²) in [6.07, 6.45) is 1.72. The van der Waals surface area contributed by atoms with E-state index in [1.807, 2.05) is 6.92 Å². The number of rotatable bonds is 0.